The summed E-state index contributed by atoms with van der Waals surface area (Å²) in [4.78, 5) is 32.4. The van der Waals surface area contributed by atoms with Gasteiger partial charge in [0, 0.05) is 17.7 Å². The fourth-order valence-corrected chi connectivity index (χ4v) is 3.11. The van der Waals surface area contributed by atoms with Crippen molar-refractivity contribution < 1.29 is 9.21 Å². The summed E-state index contributed by atoms with van der Waals surface area (Å²) >= 11 is 0. The van der Waals surface area contributed by atoms with Crippen LogP contribution >= 0.6 is 0 Å². The van der Waals surface area contributed by atoms with E-state index in [1.165, 1.54) is 10.7 Å². The Morgan fingerprint density at radius 2 is 1.94 bits per heavy atom. The molecule has 0 atom stereocenters. The molecular formula is C23H23N5O3. The van der Waals surface area contributed by atoms with Crippen LogP contribution in [0.3, 0.4) is 0 Å². The van der Waals surface area contributed by atoms with E-state index in [1.54, 1.807) is 30.5 Å². The van der Waals surface area contributed by atoms with Crippen LogP contribution in [0.25, 0.3) is 17.4 Å². The second-order valence-corrected chi connectivity index (χ2v) is 7.71. The van der Waals surface area contributed by atoms with Gasteiger partial charge >= 0.3 is 0 Å². The number of aromatic amines is 1. The topological polar surface area (TPSA) is 106 Å². The molecule has 0 spiro atoms. The van der Waals surface area contributed by atoms with Gasteiger partial charge in [-0.25, -0.2) is 4.98 Å². The second-order valence-electron chi connectivity index (χ2n) is 7.71. The van der Waals surface area contributed by atoms with E-state index in [0.717, 1.165) is 11.1 Å². The molecule has 3 aromatic heterocycles. The summed E-state index contributed by atoms with van der Waals surface area (Å²) in [5, 5.41) is 7.40. The third-order valence-electron chi connectivity index (χ3n) is 5.03. The molecule has 2 N–H and O–H groups in total. The zero-order chi connectivity index (χ0) is 22.1. The number of H-pyrrole nitrogens is 1. The standard InChI is InChI=1S/C23H23N5O3/c1-13(2)17-12-21(29)26-23(24-17)28-20(11-18(27-28)19-6-5-9-31-19)25-22(30)16-8-7-14(3)15(4)10-16/h5-13H,1-4H3,(H,25,30)(H,24,26,29). The maximum atomic E-state index is 12.9. The minimum atomic E-state index is -0.296. The lowest BCUT2D eigenvalue weighted by atomic mass is 10.1. The average molecular weight is 417 g/mol. The smallest absolute Gasteiger partial charge is 0.256 e. The van der Waals surface area contributed by atoms with Gasteiger partial charge in [0.15, 0.2) is 5.76 Å². The van der Waals surface area contributed by atoms with Gasteiger partial charge in [-0.1, -0.05) is 19.9 Å². The fourth-order valence-electron chi connectivity index (χ4n) is 3.11. The number of hydrogen-bond donors (Lipinski definition) is 2. The van der Waals surface area contributed by atoms with Gasteiger partial charge in [0.05, 0.1) is 12.0 Å². The van der Waals surface area contributed by atoms with Crippen molar-refractivity contribution in [3.63, 3.8) is 0 Å². The van der Waals surface area contributed by atoms with Crippen LogP contribution in [0, 0.1) is 13.8 Å². The monoisotopic (exact) mass is 417 g/mol. The molecule has 8 nitrogen and oxygen atoms in total. The molecule has 8 heteroatoms. The summed E-state index contributed by atoms with van der Waals surface area (Å²) in [6.07, 6.45) is 1.54. The highest BCUT2D eigenvalue weighted by atomic mass is 16.3. The Kier molecular flexibility index (Phi) is 5.29. The fraction of sp³-hybridized carbons (Fsp3) is 0.217. The molecule has 4 rings (SSSR count). The zero-order valence-electron chi connectivity index (χ0n) is 17.8. The van der Waals surface area contributed by atoms with Gasteiger partial charge in [-0.05, 0) is 55.2 Å². The summed E-state index contributed by atoms with van der Waals surface area (Å²) in [5.41, 5.74) is 3.48. The summed E-state index contributed by atoms with van der Waals surface area (Å²) in [5.74, 6) is 0.859. The first-order chi connectivity index (χ1) is 14.8. The SMILES string of the molecule is Cc1ccc(C(=O)Nc2cc(-c3ccco3)nn2-c2nc(C(C)C)cc(=O)[nH]2)cc1C. The summed E-state index contributed by atoms with van der Waals surface area (Å²) in [6.45, 7) is 7.85. The van der Waals surface area contributed by atoms with E-state index in [4.69, 9.17) is 4.42 Å². The highest BCUT2D eigenvalue weighted by molar-refractivity contribution is 6.04. The Labute approximate surface area is 179 Å². The number of carbonyl (C=O) groups excluding carboxylic acids is 1. The van der Waals surface area contributed by atoms with Crippen molar-refractivity contribution in [2.75, 3.05) is 5.32 Å². The van der Waals surface area contributed by atoms with Crippen molar-refractivity contribution >= 4 is 11.7 Å². The van der Waals surface area contributed by atoms with Crippen molar-refractivity contribution in [3.05, 3.63) is 81.5 Å². The lowest BCUT2D eigenvalue weighted by molar-refractivity contribution is 0.102. The molecule has 1 aromatic carbocycles. The normalized spacial score (nSPS) is 11.1. The number of aryl methyl sites for hydroxylation is 2. The molecule has 0 bridgehead atoms. The molecular weight excluding hydrogens is 394 g/mol. The molecule has 0 aliphatic carbocycles. The number of furan rings is 1. The van der Waals surface area contributed by atoms with E-state index in [2.05, 4.69) is 20.4 Å². The van der Waals surface area contributed by atoms with Crippen molar-refractivity contribution in [2.45, 2.75) is 33.6 Å². The Balaban J connectivity index is 1.79. The molecule has 31 heavy (non-hydrogen) atoms. The Morgan fingerprint density at radius 1 is 1.13 bits per heavy atom. The van der Waals surface area contributed by atoms with Gasteiger partial charge in [0.2, 0.25) is 5.95 Å². The maximum absolute atomic E-state index is 12.9. The van der Waals surface area contributed by atoms with E-state index < -0.39 is 0 Å². The number of carbonyl (C=O) groups is 1. The van der Waals surface area contributed by atoms with E-state index in [0.29, 0.717) is 28.5 Å². The van der Waals surface area contributed by atoms with Crippen LogP contribution in [0.15, 0.2) is 57.9 Å². The van der Waals surface area contributed by atoms with Crippen LogP contribution < -0.4 is 10.9 Å². The van der Waals surface area contributed by atoms with Gasteiger partial charge in [0.25, 0.3) is 11.5 Å². The number of benzene rings is 1. The number of aromatic nitrogens is 4. The predicted octanol–water partition coefficient (Wildman–Crippen LogP) is 4.21. The molecule has 158 valence electrons. The summed E-state index contributed by atoms with van der Waals surface area (Å²) in [7, 11) is 0. The molecule has 0 fully saturated rings. The van der Waals surface area contributed by atoms with Crippen LogP contribution in [-0.4, -0.2) is 25.7 Å². The Morgan fingerprint density at radius 3 is 2.61 bits per heavy atom. The molecule has 1 amide bonds. The molecule has 0 saturated heterocycles. The molecule has 3 heterocycles. The van der Waals surface area contributed by atoms with Crippen molar-refractivity contribution in [3.8, 4) is 17.4 Å². The Hall–Kier alpha value is -3.94. The number of nitrogens with one attached hydrogen (secondary N) is 2. The van der Waals surface area contributed by atoms with Crippen LogP contribution in [-0.2, 0) is 0 Å². The van der Waals surface area contributed by atoms with Crippen LogP contribution in [0.5, 0.6) is 0 Å². The molecule has 0 aliphatic heterocycles. The van der Waals surface area contributed by atoms with Gasteiger partial charge in [0.1, 0.15) is 11.5 Å². The highest BCUT2D eigenvalue weighted by Gasteiger charge is 2.18. The predicted molar refractivity (Wildman–Crippen MR) is 118 cm³/mol. The maximum Gasteiger partial charge on any atom is 0.256 e. The summed E-state index contributed by atoms with van der Waals surface area (Å²) in [6, 6.07) is 12.2. The highest BCUT2D eigenvalue weighted by Crippen LogP contribution is 2.25. The first-order valence-corrected chi connectivity index (χ1v) is 9.96. The summed E-state index contributed by atoms with van der Waals surface area (Å²) < 4.78 is 6.85. The number of nitrogens with zero attached hydrogens (tertiary/aromatic N) is 3. The van der Waals surface area contributed by atoms with E-state index in [9.17, 15) is 9.59 Å². The van der Waals surface area contributed by atoms with Crippen LogP contribution in [0.2, 0.25) is 0 Å². The second kappa shape index (κ2) is 8.06. The van der Waals surface area contributed by atoms with E-state index >= 15 is 0 Å². The number of amides is 1. The van der Waals surface area contributed by atoms with E-state index in [-0.39, 0.29) is 23.3 Å². The Bertz CT molecular complexity index is 1300. The average Bonchev–Trinajstić information content (AvgIpc) is 3.39. The van der Waals surface area contributed by atoms with Gasteiger partial charge in [-0.2, -0.15) is 9.78 Å². The van der Waals surface area contributed by atoms with Crippen molar-refractivity contribution in [1.82, 2.24) is 19.7 Å². The first-order valence-electron chi connectivity index (χ1n) is 9.96. The third-order valence-corrected chi connectivity index (χ3v) is 5.03. The minimum absolute atomic E-state index is 0.0507. The lowest BCUT2D eigenvalue weighted by Crippen LogP contribution is -2.19. The molecule has 0 aliphatic rings. The van der Waals surface area contributed by atoms with Gasteiger partial charge < -0.3 is 9.73 Å². The number of hydrogen-bond acceptors (Lipinski definition) is 5. The first kappa shape index (κ1) is 20.3. The third kappa shape index (κ3) is 4.18. The largest absolute Gasteiger partial charge is 0.463 e. The van der Waals surface area contributed by atoms with Crippen LogP contribution in [0.4, 0.5) is 5.82 Å². The number of anilines is 1. The zero-order valence-corrected chi connectivity index (χ0v) is 17.8. The van der Waals surface area contributed by atoms with E-state index in [1.807, 2.05) is 39.8 Å². The molecule has 0 saturated carbocycles. The quantitative estimate of drug-likeness (QED) is 0.506. The molecule has 0 unspecified atom stereocenters. The van der Waals surface area contributed by atoms with Crippen molar-refractivity contribution in [1.29, 1.82) is 0 Å². The van der Waals surface area contributed by atoms with Gasteiger partial charge in [-0.3, -0.25) is 14.6 Å². The molecule has 0 radical (unpaired) electrons. The van der Waals surface area contributed by atoms with Gasteiger partial charge in [-0.15, -0.1) is 0 Å². The molecule has 4 aromatic rings. The van der Waals surface area contributed by atoms with Crippen molar-refractivity contribution in [2.24, 2.45) is 0 Å². The minimum Gasteiger partial charge on any atom is -0.463 e. The number of rotatable bonds is 5. The van der Waals surface area contributed by atoms with Crippen LogP contribution in [0.1, 0.15) is 46.9 Å². The lowest BCUT2D eigenvalue weighted by Gasteiger charge is -2.11.